The number of aliphatic hydroxyl groups is 1. The molecule has 35 heavy (non-hydrogen) atoms. The maximum Gasteiger partial charge on any atom is 0.258 e. The summed E-state index contributed by atoms with van der Waals surface area (Å²) in [6.45, 7) is 10.4. The molecular formula is C27H42N4O4. The van der Waals surface area contributed by atoms with Gasteiger partial charge in [-0.1, -0.05) is 20.8 Å². The lowest BCUT2D eigenvalue weighted by molar-refractivity contribution is -0.137. The molecule has 4 fully saturated rings. The molecule has 3 N–H and O–H groups in total. The molecule has 2 unspecified atom stereocenters. The molecule has 0 saturated heterocycles. The van der Waals surface area contributed by atoms with Crippen molar-refractivity contribution in [1.82, 2.24) is 20.4 Å². The van der Waals surface area contributed by atoms with Crippen molar-refractivity contribution in [3.8, 4) is 5.88 Å². The second kappa shape index (κ2) is 9.96. The van der Waals surface area contributed by atoms with Crippen molar-refractivity contribution in [3.05, 3.63) is 17.8 Å². The minimum atomic E-state index is -0.573. The van der Waals surface area contributed by atoms with Gasteiger partial charge < -0.3 is 20.5 Å². The molecule has 0 radical (unpaired) electrons. The molecule has 1 aromatic heterocycles. The molecule has 194 valence electrons. The minimum absolute atomic E-state index is 0.000658. The van der Waals surface area contributed by atoms with E-state index < -0.39 is 11.1 Å². The van der Waals surface area contributed by atoms with Gasteiger partial charge in [0.1, 0.15) is 5.56 Å². The summed E-state index contributed by atoms with van der Waals surface area (Å²) in [7, 11) is 0. The van der Waals surface area contributed by atoms with Gasteiger partial charge >= 0.3 is 0 Å². The van der Waals surface area contributed by atoms with Crippen molar-refractivity contribution in [2.24, 2.45) is 23.7 Å². The lowest BCUT2D eigenvalue weighted by atomic mass is 9.52. The Morgan fingerprint density at radius 2 is 1.97 bits per heavy atom. The van der Waals surface area contributed by atoms with Crippen molar-refractivity contribution >= 4 is 18.0 Å². The van der Waals surface area contributed by atoms with E-state index in [1.807, 2.05) is 26.8 Å². The largest absolute Gasteiger partial charge is 0.477 e. The fourth-order valence-corrected chi connectivity index (χ4v) is 6.40. The van der Waals surface area contributed by atoms with Gasteiger partial charge in [0, 0.05) is 18.7 Å². The van der Waals surface area contributed by atoms with E-state index >= 15 is 0 Å². The molecule has 1 aromatic rings. The van der Waals surface area contributed by atoms with Gasteiger partial charge in [0.2, 0.25) is 11.8 Å². The summed E-state index contributed by atoms with van der Waals surface area (Å²) in [5, 5.41) is 21.6. The third kappa shape index (κ3) is 5.90. The van der Waals surface area contributed by atoms with Gasteiger partial charge in [0.25, 0.3) is 5.91 Å². The number of aromatic nitrogens is 2. The Hall–Kier alpha value is -2.35. The van der Waals surface area contributed by atoms with Crippen LogP contribution in [0.25, 0.3) is 6.20 Å². The molecule has 4 aliphatic rings. The summed E-state index contributed by atoms with van der Waals surface area (Å²) in [4.78, 5) is 25.5. The first kappa shape index (κ1) is 25.7. The van der Waals surface area contributed by atoms with Crippen LogP contribution in [-0.2, 0) is 4.79 Å². The van der Waals surface area contributed by atoms with Gasteiger partial charge in [-0.15, -0.1) is 0 Å². The number of carbonyl (C=O) groups excluding carboxylic acids is 2. The summed E-state index contributed by atoms with van der Waals surface area (Å²) < 4.78 is 7.63. The number of nitrogens with one attached hydrogen (secondary N) is 2. The van der Waals surface area contributed by atoms with Gasteiger partial charge in [-0.3, -0.25) is 9.59 Å². The summed E-state index contributed by atoms with van der Waals surface area (Å²) in [6.07, 6.45) is 11.1. The van der Waals surface area contributed by atoms with E-state index in [1.165, 1.54) is 0 Å². The quantitative estimate of drug-likeness (QED) is 0.467. The molecule has 2 amide bonds. The number of nitrogens with zero attached hydrogens (tertiary/aromatic N) is 2. The summed E-state index contributed by atoms with van der Waals surface area (Å²) in [6, 6.07) is 0.0869. The SMILES string of the molecule is CCCC(=O)NC(C)(C)/C=C/n1ncc(C(=O)N[C@H]2C3CC4CC2C[C@@](O)(C4)C3)c1OCC(C)C. The average molecular weight is 487 g/mol. The maximum atomic E-state index is 13.4. The number of carbonyl (C=O) groups is 2. The van der Waals surface area contributed by atoms with Crippen LogP contribution < -0.4 is 15.4 Å². The third-order valence-electron chi connectivity index (χ3n) is 7.66. The summed E-state index contributed by atoms with van der Waals surface area (Å²) >= 11 is 0. The monoisotopic (exact) mass is 486 g/mol. The normalized spacial score (nSPS) is 29.7. The van der Waals surface area contributed by atoms with Gasteiger partial charge in [-0.05, 0) is 82.1 Å². The first-order valence-corrected chi connectivity index (χ1v) is 13.2. The molecular weight excluding hydrogens is 444 g/mol. The van der Waals surface area contributed by atoms with Gasteiger partial charge in [0.05, 0.1) is 23.9 Å². The molecule has 4 saturated carbocycles. The van der Waals surface area contributed by atoms with Crippen LogP contribution in [0, 0.1) is 23.7 Å². The van der Waals surface area contributed by atoms with E-state index in [9.17, 15) is 14.7 Å². The van der Waals surface area contributed by atoms with Crippen LogP contribution in [0.2, 0.25) is 0 Å². The Morgan fingerprint density at radius 1 is 1.29 bits per heavy atom. The highest BCUT2D eigenvalue weighted by Gasteiger charge is 2.55. The number of amides is 2. The maximum absolute atomic E-state index is 13.4. The van der Waals surface area contributed by atoms with Crippen LogP contribution in [0.3, 0.4) is 0 Å². The standard InChI is InChI=1S/C27H42N4O4/c1-6-7-22(32)30-26(4,5)8-9-31-25(35-16-17(2)3)21(15-28-31)24(33)29-23-19-10-18-11-20(23)14-27(34,12-18)13-19/h8-9,15,17-20,23,34H,6-7,10-14,16H2,1-5H3,(H,29,33)(H,30,32)/b9-8+/t18?,19?,20?,23-,27+. The zero-order valence-electron chi connectivity index (χ0n) is 21.8. The number of ether oxygens (including phenoxy) is 1. The van der Waals surface area contributed by atoms with E-state index in [4.69, 9.17) is 4.74 Å². The number of rotatable bonds is 10. The Bertz CT molecular complexity index is 950. The zero-order valence-corrected chi connectivity index (χ0v) is 21.8. The molecule has 1 heterocycles. The number of hydrogen-bond donors (Lipinski definition) is 3. The average Bonchev–Trinajstić information content (AvgIpc) is 3.15. The van der Waals surface area contributed by atoms with Crippen LogP contribution in [0.4, 0.5) is 0 Å². The molecule has 0 aromatic carbocycles. The van der Waals surface area contributed by atoms with Crippen molar-refractivity contribution < 1.29 is 19.4 Å². The molecule has 2 atom stereocenters. The highest BCUT2D eigenvalue weighted by molar-refractivity contribution is 5.96. The Balaban J connectivity index is 1.50. The predicted octanol–water partition coefficient (Wildman–Crippen LogP) is 3.75. The molecule has 8 nitrogen and oxygen atoms in total. The van der Waals surface area contributed by atoms with E-state index in [2.05, 4.69) is 29.6 Å². The fraction of sp³-hybridized carbons (Fsp3) is 0.741. The first-order valence-electron chi connectivity index (χ1n) is 13.2. The molecule has 0 aliphatic heterocycles. The Kier molecular flexibility index (Phi) is 7.32. The van der Waals surface area contributed by atoms with Crippen LogP contribution in [-0.4, -0.2) is 50.5 Å². The Labute approximate surface area is 208 Å². The van der Waals surface area contributed by atoms with Gasteiger partial charge in [-0.2, -0.15) is 5.10 Å². The zero-order chi connectivity index (χ0) is 25.4. The lowest BCUT2D eigenvalue weighted by Crippen LogP contribution is -2.61. The van der Waals surface area contributed by atoms with Crippen LogP contribution >= 0.6 is 0 Å². The molecule has 8 heteroatoms. The number of hydrogen-bond acceptors (Lipinski definition) is 5. The van der Waals surface area contributed by atoms with Crippen molar-refractivity contribution in [2.75, 3.05) is 6.61 Å². The molecule has 4 bridgehead atoms. The predicted molar refractivity (Wildman–Crippen MR) is 135 cm³/mol. The first-order chi connectivity index (χ1) is 16.5. The van der Waals surface area contributed by atoms with E-state index in [-0.39, 0.29) is 23.8 Å². The highest BCUT2D eigenvalue weighted by Crippen LogP contribution is 2.55. The smallest absolute Gasteiger partial charge is 0.258 e. The third-order valence-corrected chi connectivity index (χ3v) is 7.66. The molecule has 5 rings (SSSR count). The second-order valence-corrected chi connectivity index (χ2v) is 12.0. The van der Waals surface area contributed by atoms with E-state index in [1.54, 1.807) is 17.1 Å². The van der Waals surface area contributed by atoms with Crippen LogP contribution in [0.15, 0.2) is 12.3 Å². The summed E-state index contributed by atoms with van der Waals surface area (Å²) in [5.74, 6) is 1.77. The van der Waals surface area contributed by atoms with Crippen molar-refractivity contribution in [1.29, 1.82) is 0 Å². The summed E-state index contributed by atoms with van der Waals surface area (Å²) in [5.41, 5.74) is -0.690. The second-order valence-electron chi connectivity index (χ2n) is 12.0. The van der Waals surface area contributed by atoms with Gasteiger partial charge in [-0.25, -0.2) is 4.68 Å². The van der Waals surface area contributed by atoms with E-state index in [0.29, 0.717) is 42.2 Å². The topological polar surface area (TPSA) is 105 Å². The minimum Gasteiger partial charge on any atom is -0.477 e. The lowest BCUT2D eigenvalue weighted by Gasteiger charge is -2.58. The van der Waals surface area contributed by atoms with Crippen LogP contribution in [0.5, 0.6) is 5.88 Å². The fourth-order valence-electron chi connectivity index (χ4n) is 6.40. The van der Waals surface area contributed by atoms with Gasteiger partial charge in [0.15, 0.2) is 0 Å². The Morgan fingerprint density at radius 3 is 2.57 bits per heavy atom. The van der Waals surface area contributed by atoms with Crippen LogP contribution in [0.1, 0.15) is 89.9 Å². The van der Waals surface area contributed by atoms with Crippen molar-refractivity contribution in [2.45, 2.75) is 96.7 Å². The van der Waals surface area contributed by atoms with E-state index in [0.717, 1.165) is 38.5 Å². The van der Waals surface area contributed by atoms with Crippen molar-refractivity contribution in [3.63, 3.8) is 0 Å². The molecule has 4 aliphatic carbocycles. The highest BCUT2D eigenvalue weighted by atomic mass is 16.5. The molecule has 0 spiro atoms.